The molecule has 0 amide bonds. The first-order valence-corrected chi connectivity index (χ1v) is 7.63. The van der Waals surface area contributed by atoms with Gasteiger partial charge in [0.2, 0.25) is 5.89 Å². The number of nitrogens with two attached hydrogens (primary N) is 1. The van der Waals surface area contributed by atoms with E-state index < -0.39 is 17.5 Å². The third kappa shape index (κ3) is 4.85. The topological polar surface area (TPSA) is 96.9 Å². The molecule has 0 aliphatic carbocycles. The lowest BCUT2D eigenvalue weighted by molar-refractivity contribution is -0.136. The molecule has 0 saturated carbocycles. The number of unbranched alkanes of at least 4 members (excludes halogenated alkanes) is 3. The van der Waals surface area contributed by atoms with Gasteiger partial charge in [-0.15, -0.1) is 5.10 Å². The highest BCUT2D eigenvalue weighted by Gasteiger charge is 2.33. The van der Waals surface area contributed by atoms with E-state index in [-0.39, 0.29) is 17.1 Å². The predicted octanol–water partition coefficient (Wildman–Crippen LogP) is 2.98. The highest BCUT2D eigenvalue weighted by molar-refractivity contribution is 5.65. The average Bonchev–Trinajstić information content (AvgIpc) is 2.96. The Bertz CT molecular complexity index is 709. The number of hydrogen-bond donors (Lipinski definition) is 3. The highest BCUT2D eigenvalue weighted by Crippen LogP contribution is 2.36. The number of nitrogens with zero attached hydrogens (tertiary/aromatic N) is 1. The molecule has 0 unspecified atom stereocenters. The number of nitrogens with one attached hydrogen (secondary N) is 2. The van der Waals surface area contributed by atoms with Gasteiger partial charge in [0.05, 0.1) is 5.56 Å². The van der Waals surface area contributed by atoms with Gasteiger partial charge in [-0.25, -0.2) is 9.89 Å². The summed E-state index contributed by atoms with van der Waals surface area (Å²) in [6.45, 7) is 1.02. The summed E-state index contributed by atoms with van der Waals surface area (Å²) in [5.74, 6) is -0.820. The minimum atomic E-state index is -4.48. The number of aromatic nitrogens is 2. The molecule has 0 saturated heterocycles. The number of alkyl halides is 3. The number of benzene rings is 1. The molecule has 0 fully saturated rings. The van der Waals surface area contributed by atoms with Crippen LogP contribution < -0.4 is 16.8 Å². The smallest absolute Gasteiger partial charge is 0.388 e. The fourth-order valence-electron chi connectivity index (χ4n) is 2.27. The van der Waals surface area contributed by atoms with Crippen molar-refractivity contribution < 1.29 is 17.6 Å². The maximum absolute atomic E-state index is 13.1. The molecule has 1 aromatic carbocycles. The lowest BCUT2D eigenvalue weighted by Gasteiger charge is -2.15. The van der Waals surface area contributed by atoms with Gasteiger partial charge in [0.1, 0.15) is 0 Å². The lowest BCUT2D eigenvalue weighted by Crippen LogP contribution is -2.12. The maximum Gasteiger partial charge on any atom is 0.434 e. The molecule has 2 rings (SSSR count). The van der Waals surface area contributed by atoms with Crippen molar-refractivity contribution in [3.8, 4) is 11.5 Å². The van der Waals surface area contributed by atoms with Gasteiger partial charge >= 0.3 is 11.9 Å². The van der Waals surface area contributed by atoms with Crippen molar-refractivity contribution in [1.82, 2.24) is 10.2 Å². The standard InChI is InChI=1S/C15H19F3N4O2/c16-15(17,18)11-6-5-10(13-21-22-14(23)24-13)9-12(11)20-8-4-2-1-3-7-19/h5-6,9,20H,1-4,7-8,19H2,(H,22,23). The predicted molar refractivity (Wildman–Crippen MR) is 83.6 cm³/mol. The first-order valence-electron chi connectivity index (χ1n) is 7.63. The Balaban J connectivity index is 2.14. The van der Waals surface area contributed by atoms with Crippen LogP contribution in [0, 0.1) is 0 Å². The molecule has 0 radical (unpaired) electrons. The number of halogens is 3. The normalized spacial score (nSPS) is 11.7. The van der Waals surface area contributed by atoms with Gasteiger partial charge in [-0.05, 0) is 37.6 Å². The molecular formula is C15H19F3N4O2. The van der Waals surface area contributed by atoms with Crippen molar-refractivity contribution in [2.24, 2.45) is 5.73 Å². The van der Waals surface area contributed by atoms with E-state index in [0.29, 0.717) is 13.1 Å². The van der Waals surface area contributed by atoms with Crippen LogP contribution in [0.4, 0.5) is 18.9 Å². The monoisotopic (exact) mass is 344 g/mol. The van der Waals surface area contributed by atoms with E-state index in [9.17, 15) is 18.0 Å². The Morgan fingerprint density at radius 3 is 2.58 bits per heavy atom. The second-order valence-electron chi connectivity index (χ2n) is 5.31. The molecule has 0 atom stereocenters. The first-order chi connectivity index (χ1) is 11.4. The Kier molecular flexibility index (Phi) is 6.02. The SMILES string of the molecule is NCCCCCCNc1cc(-c2n[nH]c(=O)o2)ccc1C(F)(F)F. The Labute approximate surface area is 136 Å². The fourth-order valence-corrected chi connectivity index (χ4v) is 2.27. The summed E-state index contributed by atoms with van der Waals surface area (Å²) < 4.78 is 44.1. The molecule has 132 valence electrons. The van der Waals surface area contributed by atoms with Crippen LogP contribution in [0.25, 0.3) is 11.5 Å². The summed E-state index contributed by atoms with van der Waals surface area (Å²) in [7, 11) is 0. The zero-order chi connectivity index (χ0) is 17.6. The first kappa shape index (κ1) is 18.1. The summed E-state index contributed by atoms with van der Waals surface area (Å²) in [5.41, 5.74) is 4.84. The zero-order valence-electron chi connectivity index (χ0n) is 12.9. The molecule has 24 heavy (non-hydrogen) atoms. The molecule has 0 aliphatic rings. The van der Waals surface area contributed by atoms with Crippen molar-refractivity contribution in [2.45, 2.75) is 31.9 Å². The molecule has 6 nitrogen and oxygen atoms in total. The summed E-state index contributed by atoms with van der Waals surface area (Å²) in [6.07, 6.45) is -1.00. The van der Waals surface area contributed by atoms with Gasteiger partial charge in [-0.1, -0.05) is 12.8 Å². The number of hydrogen-bond acceptors (Lipinski definition) is 5. The van der Waals surface area contributed by atoms with E-state index >= 15 is 0 Å². The third-order valence-corrected chi connectivity index (χ3v) is 3.46. The van der Waals surface area contributed by atoms with E-state index in [1.165, 1.54) is 12.1 Å². The van der Waals surface area contributed by atoms with Gasteiger partial charge in [0.25, 0.3) is 0 Å². The molecule has 0 bridgehead atoms. The van der Waals surface area contributed by atoms with Gasteiger partial charge in [0, 0.05) is 17.8 Å². The summed E-state index contributed by atoms with van der Waals surface area (Å²) in [6, 6.07) is 3.44. The molecular weight excluding hydrogens is 325 g/mol. The minimum Gasteiger partial charge on any atom is -0.388 e. The molecule has 2 aromatic rings. The van der Waals surface area contributed by atoms with Crippen molar-refractivity contribution in [3.05, 3.63) is 34.3 Å². The summed E-state index contributed by atoms with van der Waals surface area (Å²) >= 11 is 0. The van der Waals surface area contributed by atoms with Crippen LogP contribution in [0.3, 0.4) is 0 Å². The van der Waals surface area contributed by atoms with Crippen LogP contribution >= 0.6 is 0 Å². The quantitative estimate of drug-likeness (QED) is 0.640. The van der Waals surface area contributed by atoms with Crippen molar-refractivity contribution in [2.75, 3.05) is 18.4 Å². The molecule has 0 aliphatic heterocycles. The number of rotatable bonds is 8. The number of H-pyrrole nitrogens is 1. The minimum absolute atomic E-state index is 0.0558. The number of anilines is 1. The van der Waals surface area contributed by atoms with E-state index in [1.54, 1.807) is 0 Å². The largest absolute Gasteiger partial charge is 0.434 e. The van der Waals surface area contributed by atoms with Crippen LogP contribution in [0.5, 0.6) is 0 Å². The van der Waals surface area contributed by atoms with Crippen LogP contribution in [0.1, 0.15) is 31.2 Å². The van der Waals surface area contributed by atoms with Crippen molar-refractivity contribution in [3.63, 3.8) is 0 Å². The third-order valence-electron chi connectivity index (χ3n) is 3.46. The second-order valence-corrected chi connectivity index (χ2v) is 5.31. The van der Waals surface area contributed by atoms with Crippen molar-refractivity contribution >= 4 is 5.69 Å². The molecule has 1 aromatic heterocycles. The van der Waals surface area contributed by atoms with E-state index in [4.69, 9.17) is 10.2 Å². The Morgan fingerprint density at radius 2 is 1.96 bits per heavy atom. The zero-order valence-corrected chi connectivity index (χ0v) is 12.9. The van der Waals surface area contributed by atoms with Crippen molar-refractivity contribution in [1.29, 1.82) is 0 Å². The van der Waals surface area contributed by atoms with Crippen LogP contribution in [0.15, 0.2) is 27.4 Å². The molecule has 1 heterocycles. The van der Waals surface area contributed by atoms with Gasteiger partial charge < -0.3 is 15.5 Å². The van der Waals surface area contributed by atoms with Gasteiger partial charge in [0.15, 0.2) is 0 Å². The average molecular weight is 344 g/mol. The maximum atomic E-state index is 13.1. The van der Waals surface area contributed by atoms with E-state index in [0.717, 1.165) is 31.7 Å². The Morgan fingerprint density at radius 1 is 1.21 bits per heavy atom. The summed E-state index contributed by atoms with van der Waals surface area (Å²) in [4.78, 5) is 11.0. The van der Waals surface area contributed by atoms with Crippen LogP contribution in [-0.2, 0) is 6.18 Å². The Hall–Kier alpha value is -2.29. The van der Waals surface area contributed by atoms with Gasteiger partial charge in [-0.2, -0.15) is 13.2 Å². The van der Waals surface area contributed by atoms with E-state index in [2.05, 4.69) is 15.5 Å². The van der Waals surface area contributed by atoms with Crippen LogP contribution in [-0.4, -0.2) is 23.3 Å². The second kappa shape index (κ2) is 8.00. The lowest BCUT2D eigenvalue weighted by atomic mass is 10.1. The molecule has 9 heteroatoms. The van der Waals surface area contributed by atoms with Gasteiger partial charge in [-0.3, -0.25) is 0 Å². The summed E-state index contributed by atoms with van der Waals surface area (Å²) in [5, 5.41) is 8.51. The van der Waals surface area contributed by atoms with Crippen LogP contribution in [0.2, 0.25) is 0 Å². The number of aromatic amines is 1. The molecule has 4 N–H and O–H groups in total. The molecule has 0 spiro atoms. The fraction of sp³-hybridized carbons (Fsp3) is 0.467. The van der Waals surface area contributed by atoms with E-state index in [1.807, 2.05) is 0 Å². The highest BCUT2D eigenvalue weighted by atomic mass is 19.4.